The number of nitrogens with zero attached hydrogens (tertiary/aromatic N) is 5. The fourth-order valence-electron chi connectivity index (χ4n) is 9.15. The van der Waals surface area contributed by atoms with Crippen LogP contribution >= 0.6 is 0 Å². The number of aromatic nitrogens is 5. The Labute approximate surface area is 415 Å². The molecule has 4 heterocycles. The second kappa shape index (κ2) is 16.6. The van der Waals surface area contributed by atoms with Crippen molar-refractivity contribution < 1.29 is 44.1 Å². The van der Waals surface area contributed by atoms with Crippen molar-refractivity contribution in [3.8, 4) is 56.6 Å². The van der Waals surface area contributed by atoms with Crippen LogP contribution in [0.2, 0.25) is 0 Å². The summed E-state index contributed by atoms with van der Waals surface area (Å²) in [6.07, 6.45) is 5.24. The molecular weight excluding hydrogens is 1000 g/mol. The van der Waals surface area contributed by atoms with Crippen LogP contribution in [0.5, 0.6) is 11.5 Å². The van der Waals surface area contributed by atoms with Gasteiger partial charge in [0.05, 0.1) is 47.1 Å². The fourth-order valence-corrected chi connectivity index (χ4v) is 9.15. The Morgan fingerprint density at radius 1 is 0.507 bits per heavy atom. The zero-order valence-corrected chi connectivity index (χ0v) is 37.3. The Bertz CT molecular complexity index is 4410. The minimum Gasteiger partial charge on any atom is -0.510 e. The molecule has 6 nitrogen and oxygen atoms in total. The van der Waals surface area contributed by atoms with Gasteiger partial charge in [-0.05, 0) is 57.6 Å². The molecule has 67 heavy (non-hydrogen) atoms. The maximum Gasteiger partial charge on any atom is 0.268 e. The van der Waals surface area contributed by atoms with E-state index in [4.69, 9.17) is 23.4 Å². The molecule has 0 aliphatic heterocycles. The van der Waals surface area contributed by atoms with Crippen molar-refractivity contribution in [3.63, 3.8) is 0 Å². The Morgan fingerprint density at radius 3 is 1.75 bits per heavy atom. The second-order valence-electron chi connectivity index (χ2n) is 15.6. The van der Waals surface area contributed by atoms with Crippen molar-refractivity contribution in [1.82, 2.24) is 18.7 Å². The molecule has 0 saturated heterocycles. The van der Waals surface area contributed by atoms with Crippen molar-refractivity contribution in [2.24, 2.45) is 0 Å². The van der Waals surface area contributed by atoms with E-state index in [-0.39, 0.29) is 49.0 Å². The summed E-state index contributed by atoms with van der Waals surface area (Å²) in [7, 11) is 0. The van der Waals surface area contributed by atoms with Crippen LogP contribution in [0, 0.1) is 18.5 Å². The smallest absolute Gasteiger partial charge is 0.268 e. The van der Waals surface area contributed by atoms with E-state index >= 15 is 0 Å². The van der Waals surface area contributed by atoms with Crippen LogP contribution in [0.25, 0.3) is 99.8 Å². The van der Waals surface area contributed by atoms with Gasteiger partial charge in [-0.15, -0.1) is 29.7 Å². The van der Waals surface area contributed by atoms with Gasteiger partial charge in [0.1, 0.15) is 5.82 Å². The van der Waals surface area contributed by atoms with Gasteiger partial charge in [-0.25, -0.2) is 4.98 Å². The van der Waals surface area contributed by atoms with Crippen LogP contribution in [0.3, 0.4) is 0 Å². The van der Waals surface area contributed by atoms with Crippen molar-refractivity contribution in [1.29, 1.82) is 0 Å². The van der Waals surface area contributed by atoms with E-state index < -0.39 is 60.4 Å². The molecule has 0 N–H and O–H groups in total. The second-order valence-corrected chi connectivity index (χ2v) is 15.6. The number of ether oxygens (including phenoxy) is 1. The number of hydrogen-bond acceptors (Lipinski definition) is 2. The van der Waals surface area contributed by atoms with E-state index in [1.54, 1.807) is 39.5 Å². The molecule has 9 aromatic carbocycles. The van der Waals surface area contributed by atoms with Crippen LogP contribution in [-0.4, -0.2) is 18.7 Å². The fraction of sp³-hybridized carbons (Fsp3) is 0. The standard InChI is InChI=1S/C60H37N5O.Pt/c1-3-17-41(18-4-1)47-26-16-27-48(42-19-5-2-6-20-42)60(47)63-40-62(56-31-13-14-32-57(56)63)43-21-15-22-45(37-43)66-46-33-34-52-51-25-9-12-30-55(51)65(58(52)39-46)59-38-44(35-36-61-59)64-53-28-10-7-23-49(53)50-24-8-11-29-54(50)64;/h1-36,38H;/q-2;/i1D,2D,3D,4D,5D,6D,17D,18D,19D,20D;. The first-order chi connectivity index (χ1) is 36.9. The molecule has 0 atom stereocenters. The van der Waals surface area contributed by atoms with Crippen LogP contribution in [0.15, 0.2) is 224 Å². The summed E-state index contributed by atoms with van der Waals surface area (Å²) in [5.41, 5.74) is 6.58. The summed E-state index contributed by atoms with van der Waals surface area (Å²) in [6.45, 7) is 0. The quantitative estimate of drug-likeness (QED) is 0.112. The normalized spacial score (nSPS) is 13.6. The molecule has 0 bridgehead atoms. The minimum atomic E-state index is -0.575. The van der Waals surface area contributed by atoms with Gasteiger partial charge in [-0.3, -0.25) is 4.57 Å². The van der Waals surface area contributed by atoms with E-state index in [0.717, 1.165) is 49.3 Å². The van der Waals surface area contributed by atoms with Crippen molar-refractivity contribution >= 4 is 54.6 Å². The van der Waals surface area contributed by atoms with Crippen LogP contribution in [0.1, 0.15) is 13.7 Å². The Hall–Kier alpha value is -8.31. The van der Waals surface area contributed by atoms with Gasteiger partial charge < -0.3 is 18.4 Å². The summed E-state index contributed by atoms with van der Waals surface area (Å²) < 4.78 is 101. The number of rotatable bonds is 8. The monoisotopic (exact) mass is 1050 g/mol. The number of hydrogen-bond donors (Lipinski definition) is 0. The number of benzene rings is 9. The maximum atomic E-state index is 9.04. The van der Waals surface area contributed by atoms with E-state index in [0.29, 0.717) is 34.0 Å². The third-order valence-electron chi connectivity index (χ3n) is 11.9. The molecule has 0 amide bonds. The molecule has 13 aromatic rings. The van der Waals surface area contributed by atoms with Crippen molar-refractivity contribution in [2.45, 2.75) is 0 Å². The zero-order valence-electron chi connectivity index (χ0n) is 45.0. The van der Waals surface area contributed by atoms with Gasteiger partial charge in [-0.2, -0.15) is 18.2 Å². The molecule has 0 radical (unpaired) electrons. The minimum absolute atomic E-state index is 0. The molecular formula is C60H37N5OPt-2. The van der Waals surface area contributed by atoms with Gasteiger partial charge >= 0.3 is 0 Å². The van der Waals surface area contributed by atoms with Crippen LogP contribution in [0.4, 0.5) is 0 Å². The first-order valence-electron chi connectivity index (χ1n) is 26.2. The molecule has 0 aliphatic carbocycles. The third-order valence-corrected chi connectivity index (χ3v) is 11.9. The van der Waals surface area contributed by atoms with E-state index in [1.165, 1.54) is 0 Å². The summed E-state index contributed by atoms with van der Waals surface area (Å²) in [5, 5.41) is 4.29. The summed E-state index contributed by atoms with van der Waals surface area (Å²) in [6, 6.07) is 52.0. The number of para-hydroxylation sites is 6. The molecule has 0 unspecified atom stereocenters. The summed E-state index contributed by atoms with van der Waals surface area (Å²) in [5.74, 6) is 1.45. The van der Waals surface area contributed by atoms with Crippen LogP contribution < -0.4 is 9.30 Å². The topological polar surface area (TPSA) is 40.8 Å². The molecule has 320 valence electrons. The molecule has 4 aromatic heterocycles. The van der Waals surface area contributed by atoms with Gasteiger partial charge in [0.25, 0.3) is 6.33 Å². The predicted molar refractivity (Wildman–Crippen MR) is 265 cm³/mol. The first-order valence-corrected chi connectivity index (χ1v) is 21.2. The largest absolute Gasteiger partial charge is 0.510 e. The third kappa shape index (κ3) is 6.76. The average Bonchev–Trinajstić information content (AvgIpc) is 4.28. The molecule has 0 saturated carbocycles. The van der Waals surface area contributed by atoms with Gasteiger partial charge in [0.15, 0.2) is 0 Å². The number of imidazole rings is 1. The SMILES string of the molecule is [2H]c1c([2H])c([2H])c(-c2cccc(-c3c([2H])c([2H])c([2H])c([2H])c3[2H])c2-[n+]2[c-]n(-c3[c-]c(Oc4[c-]c5c(cc4)c4ccccc4n5-c4cc(-n5c6ccccc6c6ccccc65)ccn4)ccc3)c3ccccc32)c([2H])c1[2H].[Pt]. The summed E-state index contributed by atoms with van der Waals surface area (Å²) >= 11 is 0. The zero-order chi connectivity index (χ0) is 52.3. The number of pyridine rings is 1. The molecule has 7 heteroatoms. The van der Waals surface area contributed by atoms with Crippen molar-refractivity contribution in [3.05, 3.63) is 243 Å². The number of fused-ring (bicyclic) bond motifs is 7. The van der Waals surface area contributed by atoms with Gasteiger partial charge in [-0.1, -0.05) is 163 Å². The Morgan fingerprint density at radius 2 is 1.07 bits per heavy atom. The Kier molecular flexibility index (Phi) is 7.62. The molecule has 0 aliphatic rings. The van der Waals surface area contributed by atoms with Gasteiger partial charge in [0.2, 0.25) is 0 Å². The molecule has 13 rings (SSSR count). The van der Waals surface area contributed by atoms with Crippen molar-refractivity contribution in [2.75, 3.05) is 0 Å². The van der Waals surface area contributed by atoms with Crippen LogP contribution in [-0.2, 0) is 21.1 Å². The van der Waals surface area contributed by atoms with E-state index in [9.17, 15) is 0 Å². The van der Waals surface area contributed by atoms with Gasteiger partial charge in [0, 0.05) is 61.1 Å². The van der Waals surface area contributed by atoms with E-state index in [2.05, 4.69) is 94.3 Å². The Balaban J connectivity index is 0.00000596. The molecule has 0 spiro atoms. The maximum absolute atomic E-state index is 9.04. The first kappa shape index (κ1) is 30.8. The van der Waals surface area contributed by atoms with E-state index in [1.807, 2.05) is 66.9 Å². The predicted octanol–water partition coefficient (Wildman–Crippen LogP) is 14.0. The average molecular weight is 1050 g/mol. The summed E-state index contributed by atoms with van der Waals surface area (Å²) in [4.78, 5) is 4.93. The molecule has 0 fully saturated rings.